The Morgan fingerprint density at radius 3 is 1.61 bits per heavy atom. The maximum Gasteiger partial charge on any atom is 0.333 e. The van der Waals surface area contributed by atoms with Gasteiger partial charge in [0.2, 0.25) is 0 Å². The number of carbonyl (C=O) groups is 4. The van der Waals surface area contributed by atoms with Gasteiger partial charge in [-0.15, -0.1) is 0 Å². The van der Waals surface area contributed by atoms with Crippen LogP contribution in [0.3, 0.4) is 0 Å². The zero-order valence-electron chi connectivity index (χ0n) is 8.85. The number of rotatable bonds is 4. The average molecular weight is 262 g/mol. The van der Waals surface area contributed by atoms with Crippen molar-refractivity contribution in [2.24, 2.45) is 17.8 Å². The van der Waals surface area contributed by atoms with Gasteiger partial charge in [0.15, 0.2) is 6.10 Å². The zero-order valence-corrected chi connectivity index (χ0v) is 8.85. The van der Waals surface area contributed by atoms with E-state index in [1.165, 1.54) is 0 Å². The molecule has 0 spiro atoms. The van der Waals surface area contributed by atoms with Crippen molar-refractivity contribution in [1.82, 2.24) is 0 Å². The number of hydrogen-bond acceptors (Lipinski definition) is 5. The van der Waals surface area contributed by atoms with Gasteiger partial charge < -0.3 is 25.2 Å². The average Bonchev–Trinajstić information content (AvgIpc) is 2.26. The minimum atomic E-state index is -1.95. The summed E-state index contributed by atoms with van der Waals surface area (Å²) in [6.07, 6.45) is -1.88. The first-order chi connectivity index (χ1) is 8.27. The lowest BCUT2D eigenvalue weighted by molar-refractivity contribution is -0.191. The van der Waals surface area contributed by atoms with E-state index in [4.69, 9.17) is 20.4 Å². The Balaban J connectivity index is 3.18. The Hall–Kier alpha value is -2.16. The van der Waals surface area contributed by atoms with Crippen LogP contribution in [0.15, 0.2) is 0 Å². The summed E-state index contributed by atoms with van der Waals surface area (Å²) in [5.74, 6) is -12.0. The van der Waals surface area contributed by atoms with Crippen molar-refractivity contribution in [3.8, 4) is 0 Å². The third-order valence-electron chi connectivity index (χ3n) is 2.73. The molecule has 100 valence electrons. The zero-order chi connectivity index (χ0) is 14.0. The van der Waals surface area contributed by atoms with Crippen LogP contribution in [0.5, 0.6) is 0 Å². The largest absolute Gasteiger partial charge is 0.481 e. The minimum Gasteiger partial charge on any atom is -0.481 e. The number of carboxylic acid groups (broad SMARTS) is 4. The maximum atomic E-state index is 11.0. The first-order valence-corrected chi connectivity index (χ1v) is 4.80. The molecular formula is C9H10O9. The van der Waals surface area contributed by atoms with Gasteiger partial charge >= 0.3 is 23.9 Å². The molecule has 0 bridgehead atoms. The van der Waals surface area contributed by atoms with E-state index in [-0.39, 0.29) is 0 Å². The molecule has 1 aliphatic heterocycles. The van der Waals surface area contributed by atoms with Crippen LogP contribution in [0, 0.1) is 17.8 Å². The summed E-state index contributed by atoms with van der Waals surface area (Å²) in [7, 11) is 0. The van der Waals surface area contributed by atoms with E-state index >= 15 is 0 Å². The molecule has 18 heavy (non-hydrogen) atoms. The molecule has 0 amide bonds. The lowest BCUT2D eigenvalue weighted by atomic mass is 9.76. The highest BCUT2D eigenvalue weighted by molar-refractivity contribution is 5.90. The van der Waals surface area contributed by atoms with Gasteiger partial charge in [-0.3, -0.25) is 14.4 Å². The van der Waals surface area contributed by atoms with Gasteiger partial charge in [-0.25, -0.2) is 4.79 Å². The van der Waals surface area contributed by atoms with Crippen LogP contribution in [0.4, 0.5) is 0 Å². The Morgan fingerprint density at radius 1 is 0.778 bits per heavy atom. The second-order valence-corrected chi connectivity index (χ2v) is 3.76. The van der Waals surface area contributed by atoms with Gasteiger partial charge in [0, 0.05) is 0 Å². The molecule has 1 rings (SSSR count). The molecule has 0 saturated carbocycles. The second kappa shape index (κ2) is 5.00. The van der Waals surface area contributed by atoms with E-state index in [0.717, 1.165) is 0 Å². The maximum absolute atomic E-state index is 11.0. The number of carboxylic acids is 4. The molecule has 0 aromatic carbocycles. The van der Waals surface area contributed by atoms with Gasteiger partial charge in [0.1, 0.15) is 5.92 Å². The highest BCUT2D eigenvalue weighted by atomic mass is 16.5. The Labute approximate surface area is 99.6 Å². The standard InChI is InChI=1S/C9H10O9/c10-6(11)2-1-18-5(9(16)17)4(8(14)15)3(2)7(12)13/h2-5H,1H2,(H,10,11)(H,12,13)(H,14,15)(H,16,17). The van der Waals surface area contributed by atoms with E-state index in [9.17, 15) is 19.2 Å². The summed E-state index contributed by atoms with van der Waals surface area (Å²) in [6.45, 7) is -0.660. The fourth-order valence-electron chi connectivity index (χ4n) is 1.91. The number of aliphatic carboxylic acids is 4. The van der Waals surface area contributed by atoms with Crippen LogP contribution in [0.2, 0.25) is 0 Å². The first-order valence-electron chi connectivity index (χ1n) is 4.80. The predicted molar refractivity (Wildman–Crippen MR) is 50.8 cm³/mol. The second-order valence-electron chi connectivity index (χ2n) is 3.76. The van der Waals surface area contributed by atoms with Crippen molar-refractivity contribution in [3.05, 3.63) is 0 Å². The van der Waals surface area contributed by atoms with E-state index in [0.29, 0.717) is 0 Å². The minimum absolute atomic E-state index is 0.660. The molecule has 4 unspecified atom stereocenters. The van der Waals surface area contributed by atoms with Gasteiger partial charge in [0.25, 0.3) is 0 Å². The van der Waals surface area contributed by atoms with Crippen molar-refractivity contribution in [1.29, 1.82) is 0 Å². The number of hydrogen-bond donors (Lipinski definition) is 4. The molecule has 0 aromatic heterocycles. The molecule has 9 nitrogen and oxygen atoms in total. The highest BCUT2D eigenvalue weighted by Gasteiger charge is 2.53. The van der Waals surface area contributed by atoms with Crippen LogP contribution in [-0.4, -0.2) is 57.0 Å². The summed E-state index contributed by atoms with van der Waals surface area (Å²) in [5, 5.41) is 35.3. The fourth-order valence-corrected chi connectivity index (χ4v) is 1.91. The Morgan fingerprint density at radius 2 is 1.28 bits per heavy atom. The molecule has 1 heterocycles. The topological polar surface area (TPSA) is 158 Å². The molecule has 0 aliphatic carbocycles. The summed E-state index contributed by atoms with van der Waals surface area (Å²) in [6, 6.07) is 0. The monoisotopic (exact) mass is 262 g/mol. The van der Waals surface area contributed by atoms with Crippen molar-refractivity contribution in [2.45, 2.75) is 6.10 Å². The van der Waals surface area contributed by atoms with E-state index in [1.54, 1.807) is 0 Å². The Bertz CT molecular complexity index is 363. The summed E-state index contributed by atoms with van der Waals surface area (Å²) < 4.78 is 4.64. The van der Waals surface area contributed by atoms with Crippen LogP contribution in [0.1, 0.15) is 0 Å². The SMILES string of the molecule is O=C(O)C1COC(C(=O)O)C(C(=O)O)C1C(=O)O. The molecule has 1 fully saturated rings. The van der Waals surface area contributed by atoms with Crippen molar-refractivity contribution in [2.75, 3.05) is 6.61 Å². The third-order valence-corrected chi connectivity index (χ3v) is 2.73. The van der Waals surface area contributed by atoms with Crippen LogP contribution in [0.25, 0.3) is 0 Å². The van der Waals surface area contributed by atoms with Gasteiger partial charge in [-0.1, -0.05) is 0 Å². The highest BCUT2D eigenvalue weighted by Crippen LogP contribution is 2.32. The van der Waals surface area contributed by atoms with Crippen molar-refractivity contribution in [3.63, 3.8) is 0 Å². The molecule has 4 N–H and O–H groups in total. The van der Waals surface area contributed by atoms with Crippen LogP contribution < -0.4 is 0 Å². The van der Waals surface area contributed by atoms with E-state index in [2.05, 4.69) is 4.74 Å². The molecular weight excluding hydrogens is 252 g/mol. The van der Waals surface area contributed by atoms with Crippen LogP contribution >= 0.6 is 0 Å². The lowest BCUT2D eigenvalue weighted by Crippen LogP contribution is -2.54. The molecule has 1 saturated heterocycles. The third kappa shape index (κ3) is 2.40. The predicted octanol–water partition coefficient (Wildman–Crippen LogP) is -1.43. The Kier molecular flexibility index (Phi) is 3.86. The van der Waals surface area contributed by atoms with Crippen molar-refractivity contribution < 1.29 is 44.3 Å². The molecule has 0 aromatic rings. The molecule has 9 heteroatoms. The number of ether oxygens (including phenoxy) is 1. The molecule has 0 radical (unpaired) electrons. The van der Waals surface area contributed by atoms with Gasteiger partial charge in [-0.2, -0.15) is 0 Å². The fraction of sp³-hybridized carbons (Fsp3) is 0.556. The first kappa shape index (κ1) is 13.9. The van der Waals surface area contributed by atoms with Crippen molar-refractivity contribution >= 4 is 23.9 Å². The summed E-state index contributed by atoms with van der Waals surface area (Å²) in [4.78, 5) is 43.5. The van der Waals surface area contributed by atoms with E-state index < -0.39 is 54.3 Å². The van der Waals surface area contributed by atoms with Crippen LogP contribution in [-0.2, 0) is 23.9 Å². The molecule has 4 atom stereocenters. The quantitative estimate of drug-likeness (QED) is 0.476. The summed E-state index contributed by atoms with van der Waals surface area (Å²) in [5.41, 5.74) is 0. The normalized spacial score (nSPS) is 31.6. The van der Waals surface area contributed by atoms with Gasteiger partial charge in [0.05, 0.1) is 18.4 Å². The summed E-state index contributed by atoms with van der Waals surface area (Å²) >= 11 is 0. The lowest BCUT2D eigenvalue weighted by Gasteiger charge is -2.34. The van der Waals surface area contributed by atoms with E-state index in [1.807, 2.05) is 0 Å². The smallest absolute Gasteiger partial charge is 0.333 e. The van der Waals surface area contributed by atoms with Gasteiger partial charge in [-0.05, 0) is 0 Å². The molecule has 1 aliphatic rings.